The van der Waals surface area contributed by atoms with Crippen LogP contribution >= 0.6 is 0 Å². The van der Waals surface area contributed by atoms with Crippen LogP contribution in [0.4, 0.5) is 0 Å². The first-order chi connectivity index (χ1) is 13.9. The maximum absolute atomic E-state index is 12.2. The Hall–Kier alpha value is -3.62. The summed E-state index contributed by atoms with van der Waals surface area (Å²) < 4.78 is 18.5. The molecule has 0 spiro atoms. The molecule has 9 heteroatoms. The van der Waals surface area contributed by atoms with E-state index in [1.165, 1.54) is 0 Å². The summed E-state index contributed by atoms with van der Waals surface area (Å²) in [6.45, 7) is 0.290. The number of benzene rings is 2. The van der Waals surface area contributed by atoms with Crippen LogP contribution in [0.15, 0.2) is 36.4 Å². The molecule has 0 fully saturated rings. The largest absolute Gasteiger partial charge is 0.508 e. The Labute approximate surface area is 166 Å². The van der Waals surface area contributed by atoms with Gasteiger partial charge in [0.2, 0.25) is 0 Å². The first kappa shape index (κ1) is 21.7. The van der Waals surface area contributed by atoms with Gasteiger partial charge in [-0.25, -0.2) is 9.59 Å². The first-order valence-electron chi connectivity index (χ1n) is 8.66. The zero-order chi connectivity index (χ0) is 21.2. The summed E-state index contributed by atoms with van der Waals surface area (Å²) in [7, 11) is 0. The highest BCUT2D eigenvalue weighted by Crippen LogP contribution is 2.25. The molecule has 0 aliphatic carbocycles. The van der Waals surface area contributed by atoms with Crippen molar-refractivity contribution in [3.8, 4) is 5.75 Å². The predicted molar refractivity (Wildman–Crippen MR) is 98.9 cm³/mol. The van der Waals surface area contributed by atoms with Crippen LogP contribution in [0.25, 0.3) is 10.8 Å². The van der Waals surface area contributed by atoms with Crippen molar-refractivity contribution in [3.05, 3.63) is 42.0 Å². The van der Waals surface area contributed by atoms with Crippen LogP contribution in [0.5, 0.6) is 5.75 Å². The molecule has 0 saturated heterocycles. The van der Waals surface area contributed by atoms with E-state index in [1.807, 2.05) is 0 Å². The summed E-state index contributed by atoms with van der Waals surface area (Å²) in [5.74, 6) is -2.85. The fraction of sp³-hybridized carbons (Fsp3) is 0.300. The number of fused-ring (bicyclic) bond motifs is 1. The molecule has 154 valence electrons. The van der Waals surface area contributed by atoms with E-state index in [-0.39, 0.29) is 25.4 Å². The zero-order valence-electron chi connectivity index (χ0n) is 15.7. The monoisotopic (exact) mass is 404 g/mol. The number of hydrogen-bond donors (Lipinski definition) is 1. The number of rotatable bonds is 10. The fourth-order valence-corrected chi connectivity index (χ4v) is 2.39. The van der Waals surface area contributed by atoms with Gasteiger partial charge >= 0.3 is 17.9 Å². The third-order valence-corrected chi connectivity index (χ3v) is 3.92. The van der Waals surface area contributed by atoms with Crippen molar-refractivity contribution in [2.75, 3.05) is 26.4 Å². The molecule has 0 bridgehead atoms. The van der Waals surface area contributed by atoms with Gasteiger partial charge in [-0.15, -0.1) is 0 Å². The Kier molecular flexibility index (Phi) is 7.96. The second-order valence-electron chi connectivity index (χ2n) is 5.97. The van der Waals surface area contributed by atoms with E-state index < -0.39 is 37.0 Å². The van der Waals surface area contributed by atoms with E-state index in [2.05, 4.69) is 14.2 Å². The van der Waals surface area contributed by atoms with Gasteiger partial charge in [0.05, 0.1) is 5.92 Å². The van der Waals surface area contributed by atoms with Crippen LogP contribution in [0.1, 0.15) is 18.4 Å². The normalized spacial score (nSPS) is 11.3. The van der Waals surface area contributed by atoms with Crippen molar-refractivity contribution in [1.82, 2.24) is 0 Å². The molecule has 0 aliphatic rings. The van der Waals surface area contributed by atoms with Crippen molar-refractivity contribution < 1.29 is 43.2 Å². The lowest BCUT2D eigenvalue weighted by Crippen LogP contribution is -2.23. The molecule has 0 radical (unpaired) electrons. The number of esters is 3. The molecule has 9 nitrogen and oxygen atoms in total. The molecule has 2 aromatic carbocycles. The number of hydrogen-bond acceptors (Lipinski definition) is 9. The van der Waals surface area contributed by atoms with E-state index in [0.717, 1.165) is 10.8 Å². The van der Waals surface area contributed by atoms with E-state index >= 15 is 0 Å². The third-order valence-electron chi connectivity index (χ3n) is 3.92. The summed E-state index contributed by atoms with van der Waals surface area (Å²) in [6.07, 6.45) is 0. The summed E-state index contributed by atoms with van der Waals surface area (Å²) in [5.41, 5.74) is 0.683. The number of ether oxygens (including phenoxy) is 4. The highest BCUT2D eigenvalue weighted by atomic mass is 16.6. The van der Waals surface area contributed by atoms with Gasteiger partial charge in [-0.2, -0.15) is 0 Å². The van der Waals surface area contributed by atoms with E-state index in [0.29, 0.717) is 5.56 Å². The van der Waals surface area contributed by atoms with Gasteiger partial charge in [0.15, 0.2) is 13.2 Å². The second-order valence-corrected chi connectivity index (χ2v) is 5.97. The lowest BCUT2D eigenvalue weighted by Gasteiger charge is -2.12. The molecule has 0 saturated carbocycles. The molecule has 0 amide bonds. The molecule has 1 atom stereocenters. The Bertz CT molecular complexity index is 891. The standard InChI is InChI=1S/C20H20O9/c1-13(14-2-3-16-9-17(22)5-4-15(16)8-14)20(25)29-11-19(24)28-10-18(23)27-7-6-26-12-21/h2-5,8-9,12-13,22H,6-7,10-11H2,1H3. The van der Waals surface area contributed by atoms with Gasteiger partial charge in [-0.05, 0) is 35.4 Å². The lowest BCUT2D eigenvalue weighted by molar-refractivity contribution is -0.165. The van der Waals surface area contributed by atoms with Gasteiger partial charge in [0.1, 0.15) is 19.0 Å². The smallest absolute Gasteiger partial charge is 0.344 e. The minimum atomic E-state index is -0.902. The lowest BCUT2D eigenvalue weighted by atomic mass is 9.98. The molecule has 1 N–H and O–H groups in total. The molecule has 2 rings (SSSR count). The Morgan fingerprint density at radius 1 is 0.931 bits per heavy atom. The third kappa shape index (κ3) is 6.80. The second kappa shape index (κ2) is 10.6. The van der Waals surface area contributed by atoms with E-state index in [1.54, 1.807) is 43.3 Å². The highest BCUT2D eigenvalue weighted by Gasteiger charge is 2.19. The zero-order valence-corrected chi connectivity index (χ0v) is 15.7. The van der Waals surface area contributed by atoms with Crippen molar-refractivity contribution in [1.29, 1.82) is 0 Å². The Morgan fingerprint density at radius 2 is 1.59 bits per heavy atom. The molecule has 29 heavy (non-hydrogen) atoms. The average molecular weight is 404 g/mol. The summed E-state index contributed by atoms with van der Waals surface area (Å²) in [4.78, 5) is 45.0. The molecular formula is C20H20O9. The molecule has 0 heterocycles. The van der Waals surface area contributed by atoms with Crippen LogP contribution in [-0.4, -0.2) is 55.9 Å². The predicted octanol–water partition coefficient (Wildman–Crippen LogP) is 1.45. The maximum atomic E-state index is 12.2. The molecule has 0 aliphatic heterocycles. The van der Waals surface area contributed by atoms with Crippen LogP contribution in [0.2, 0.25) is 0 Å². The van der Waals surface area contributed by atoms with Gasteiger partial charge in [0, 0.05) is 0 Å². The van der Waals surface area contributed by atoms with Gasteiger partial charge in [0.25, 0.3) is 6.47 Å². The Balaban J connectivity index is 1.78. The summed E-state index contributed by atoms with van der Waals surface area (Å²) >= 11 is 0. The van der Waals surface area contributed by atoms with Crippen molar-refractivity contribution in [2.45, 2.75) is 12.8 Å². The van der Waals surface area contributed by atoms with Crippen LogP contribution in [0.3, 0.4) is 0 Å². The minimum Gasteiger partial charge on any atom is -0.508 e. The molecule has 0 aromatic heterocycles. The summed E-state index contributed by atoms with van der Waals surface area (Å²) in [6, 6.07) is 10.2. The molecule has 1 unspecified atom stereocenters. The van der Waals surface area contributed by atoms with Crippen LogP contribution in [0, 0.1) is 0 Å². The molecular weight excluding hydrogens is 384 g/mol. The quantitative estimate of drug-likeness (QED) is 0.271. The number of carbonyl (C=O) groups excluding carboxylic acids is 4. The fourth-order valence-electron chi connectivity index (χ4n) is 2.39. The van der Waals surface area contributed by atoms with E-state index in [9.17, 15) is 24.3 Å². The minimum absolute atomic E-state index is 0.103. The first-order valence-corrected chi connectivity index (χ1v) is 8.66. The Morgan fingerprint density at radius 3 is 2.34 bits per heavy atom. The van der Waals surface area contributed by atoms with Crippen LogP contribution < -0.4 is 0 Å². The summed E-state index contributed by atoms with van der Waals surface area (Å²) in [5, 5.41) is 11.2. The van der Waals surface area contributed by atoms with E-state index in [4.69, 9.17) is 4.74 Å². The SMILES string of the molecule is CC(C(=O)OCC(=O)OCC(=O)OCCOC=O)c1ccc2cc(O)ccc2c1. The number of carbonyl (C=O) groups is 4. The van der Waals surface area contributed by atoms with Gasteiger partial charge < -0.3 is 24.1 Å². The number of phenols is 1. The highest BCUT2D eigenvalue weighted by molar-refractivity contribution is 5.87. The number of phenolic OH excluding ortho intramolecular Hbond substituents is 1. The molecule has 2 aromatic rings. The van der Waals surface area contributed by atoms with Crippen LogP contribution in [-0.2, 0) is 38.1 Å². The van der Waals surface area contributed by atoms with Crippen molar-refractivity contribution in [3.63, 3.8) is 0 Å². The maximum Gasteiger partial charge on any atom is 0.344 e. The topological polar surface area (TPSA) is 125 Å². The van der Waals surface area contributed by atoms with Crippen molar-refractivity contribution >= 4 is 35.2 Å². The average Bonchev–Trinajstić information content (AvgIpc) is 2.72. The van der Waals surface area contributed by atoms with Crippen molar-refractivity contribution in [2.24, 2.45) is 0 Å². The van der Waals surface area contributed by atoms with Gasteiger partial charge in [-0.1, -0.05) is 24.3 Å². The number of aromatic hydroxyl groups is 1. The van der Waals surface area contributed by atoms with Gasteiger partial charge in [-0.3, -0.25) is 9.59 Å².